The molecule has 1 fully saturated rings. The minimum atomic E-state index is -1.02. The average Bonchev–Trinajstić information content (AvgIpc) is 2.15. The number of piperidine rings is 1. The smallest absolute Gasteiger partial charge is 0.410 e. The summed E-state index contributed by atoms with van der Waals surface area (Å²) in [5, 5.41) is 8.97. The third-order valence-electron chi connectivity index (χ3n) is 2.53. The van der Waals surface area contributed by atoms with E-state index in [1.165, 1.54) is 4.90 Å². The largest absolute Gasteiger partial charge is 0.444 e. The second-order valence-electron chi connectivity index (χ2n) is 5.17. The van der Waals surface area contributed by atoms with Crippen molar-refractivity contribution in [2.75, 3.05) is 19.7 Å². The topological polar surface area (TPSA) is 49.8 Å². The number of halogens is 1. The van der Waals surface area contributed by atoms with Crippen LogP contribution in [0.3, 0.4) is 0 Å². The zero-order valence-electron chi connectivity index (χ0n) is 10.1. The van der Waals surface area contributed by atoms with Crippen LogP contribution in [0.4, 0.5) is 9.18 Å². The van der Waals surface area contributed by atoms with Gasteiger partial charge in [0.15, 0.2) is 0 Å². The van der Waals surface area contributed by atoms with Gasteiger partial charge in [0, 0.05) is 19.0 Å². The molecule has 16 heavy (non-hydrogen) atoms. The summed E-state index contributed by atoms with van der Waals surface area (Å²) >= 11 is 0. The molecule has 0 aliphatic carbocycles. The van der Waals surface area contributed by atoms with Crippen molar-refractivity contribution in [1.82, 2.24) is 4.90 Å². The molecule has 1 N–H and O–H groups in total. The van der Waals surface area contributed by atoms with E-state index in [1.807, 2.05) is 0 Å². The molecule has 0 unspecified atom stereocenters. The van der Waals surface area contributed by atoms with Gasteiger partial charge in [-0.3, -0.25) is 0 Å². The first kappa shape index (κ1) is 13.2. The van der Waals surface area contributed by atoms with Gasteiger partial charge in [0.1, 0.15) is 11.8 Å². The lowest BCUT2D eigenvalue weighted by Gasteiger charge is -2.35. The summed E-state index contributed by atoms with van der Waals surface area (Å²) in [7, 11) is 0. The number of carbonyl (C=O) groups excluding carboxylic acids is 1. The van der Waals surface area contributed by atoms with Gasteiger partial charge in [-0.05, 0) is 27.2 Å². The Morgan fingerprint density at radius 3 is 2.69 bits per heavy atom. The van der Waals surface area contributed by atoms with Crippen molar-refractivity contribution in [2.24, 2.45) is 5.92 Å². The van der Waals surface area contributed by atoms with Crippen molar-refractivity contribution in [2.45, 2.75) is 39.0 Å². The standard InChI is InChI=1S/C11H20FNO3/c1-11(2,3)16-10(15)13-5-4-9(12)8(6-13)7-14/h8-9,14H,4-7H2,1-3H3/t8-,9+/m1/s1. The fraction of sp³-hybridized carbons (Fsp3) is 0.909. The van der Waals surface area contributed by atoms with E-state index in [9.17, 15) is 9.18 Å². The van der Waals surface area contributed by atoms with E-state index in [2.05, 4.69) is 0 Å². The average molecular weight is 233 g/mol. The second-order valence-corrected chi connectivity index (χ2v) is 5.17. The summed E-state index contributed by atoms with van der Waals surface area (Å²) in [4.78, 5) is 13.1. The fourth-order valence-electron chi connectivity index (χ4n) is 1.67. The van der Waals surface area contributed by atoms with E-state index in [4.69, 9.17) is 9.84 Å². The van der Waals surface area contributed by atoms with Gasteiger partial charge in [-0.15, -0.1) is 0 Å². The van der Waals surface area contributed by atoms with Crippen LogP contribution in [-0.4, -0.2) is 47.6 Å². The van der Waals surface area contributed by atoms with Crippen molar-refractivity contribution in [3.63, 3.8) is 0 Å². The zero-order chi connectivity index (χ0) is 12.3. The summed E-state index contributed by atoms with van der Waals surface area (Å²) in [5.74, 6) is -0.485. The maximum absolute atomic E-state index is 13.3. The van der Waals surface area contributed by atoms with Crippen LogP contribution in [0.15, 0.2) is 0 Å². The number of nitrogens with zero attached hydrogens (tertiary/aromatic N) is 1. The molecular formula is C11H20FNO3. The third kappa shape index (κ3) is 3.63. The summed E-state index contributed by atoms with van der Waals surface area (Å²) in [6, 6.07) is 0. The van der Waals surface area contributed by atoms with Crippen molar-refractivity contribution < 1.29 is 19.0 Å². The number of rotatable bonds is 1. The molecule has 0 aromatic heterocycles. The van der Waals surface area contributed by atoms with Crippen molar-refractivity contribution >= 4 is 6.09 Å². The SMILES string of the molecule is CC(C)(C)OC(=O)N1CC[C@H](F)[C@@H](CO)C1. The zero-order valence-corrected chi connectivity index (χ0v) is 10.1. The molecular weight excluding hydrogens is 213 g/mol. The van der Waals surface area contributed by atoms with E-state index in [-0.39, 0.29) is 19.6 Å². The first-order valence-corrected chi connectivity index (χ1v) is 5.56. The van der Waals surface area contributed by atoms with Crippen LogP contribution < -0.4 is 0 Å². The fourth-order valence-corrected chi connectivity index (χ4v) is 1.67. The Labute approximate surface area is 95.4 Å². The maximum atomic E-state index is 13.3. The highest BCUT2D eigenvalue weighted by molar-refractivity contribution is 5.68. The van der Waals surface area contributed by atoms with Crippen molar-refractivity contribution in [3.8, 4) is 0 Å². The molecule has 0 spiro atoms. The first-order valence-electron chi connectivity index (χ1n) is 5.56. The maximum Gasteiger partial charge on any atom is 0.410 e. The molecule has 5 heteroatoms. The third-order valence-corrected chi connectivity index (χ3v) is 2.53. The lowest BCUT2D eigenvalue weighted by atomic mass is 9.97. The van der Waals surface area contributed by atoms with Crippen LogP contribution in [0.2, 0.25) is 0 Å². The number of hydrogen-bond acceptors (Lipinski definition) is 3. The number of amides is 1. The quantitative estimate of drug-likeness (QED) is 0.748. The second kappa shape index (κ2) is 4.99. The molecule has 1 heterocycles. The predicted octanol–water partition coefficient (Wildman–Crippen LogP) is 1.57. The van der Waals surface area contributed by atoms with E-state index < -0.39 is 23.8 Å². The molecule has 0 aromatic rings. The highest BCUT2D eigenvalue weighted by Gasteiger charge is 2.32. The normalized spacial score (nSPS) is 26.7. The highest BCUT2D eigenvalue weighted by atomic mass is 19.1. The van der Waals surface area contributed by atoms with Crippen LogP contribution in [0.25, 0.3) is 0 Å². The van der Waals surface area contributed by atoms with Gasteiger partial charge in [0.25, 0.3) is 0 Å². The minimum absolute atomic E-state index is 0.229. The summed E-state index contributed by atoms with van der Waals surface area (Å²) in [6.45, 7) is 5.71. The van der Waals surface area contributed by atoms with Crippen LogP contribution in [0.5, 0.6) is 0 Å². The van der Waals surface area contributed by atoms with Crippen molar-refractivity contribution in [3.05, 3.63) is 0 Å². The minimum Gasteiger partial charge on any atom is -0.444 e. The Morgan fingerprint density at radius 1 is 1.56 bits per heavy atom. The van der Waals surface area contributed by atoms with Gasteiger partial charge < -0.3 is 14.7 Å². The Bertz CT molecular complexity index is 252. The number of hydrogen-bond donors (Lipinski definition) is 1. The van der Waals surface area contributed by atoms with Gasteiger partial charge in [0.2, 0.25) is 0 Å². The number of aliphatic hydroxyl groups is 1. The molecule has 0 aromatic carbocycles. The molecule has 0 saturated carbocycles. The predicted molar refractivity (Wildman–Crippen MR) is 57.9 cm³/mol. The number of aliphatic hydroxyl groups excluding tert-OH is 1. The number of carbonyl (C=O) groups is 1. The number of alkyl halides is 1. The molecule has 94 valence electrons. The molecule has 2 atom stereocenters. The van der Waals surface area contributed by atoms with E-state index in [1.54, 1.807) is 20.8 Å². The molecule has 1 saturated heterocycles. The monoisotopic (exact) mass is 233 g/mol. The van der Waals surface area contributed by atoms with E-state index in [0.717, 1.165) is 0 Å². The van der Waals surface area contributed by atoms with Crippen LogP contribution in [0, 0.1) is 5.92 Å². The Hall–Kier alpha value is -0.840. The van der Waals surface area contributed by atoms with Crippen LogP contribution in [0.1, 0.15) is 27.2 Å². The van der Waals surface area contributed by atoms with Gasteiger partial charge in [-0.25, -0.2) is 9.18 Å². The first-order chi connectivity index (χ1) is 7.33. The van der Waals surface area contributed by atoms with E-state index in [0.29, 0.717) is 6.54 Å². The summed E-state index contributed by atoms with van der Waals surface area (Å²) < 4.78 is 18.5. The highest BCUT2D eigenvalue weighted by Crippen LogP contribution is 2.21. The number of ether oxygens (including phenoxy) is 1. The van der Waals surface area contributed by atoms with Gasteiger partial charge in [-0.1, -0.05) is 0 Å². The van der Waals surface area contributed by atoms with Crippen LogP contribution >= 0.6 is 0 Å². The molecule has 1 aliphatic heterocycles. The van der Waals surface area contributed by atoms with Gasteiger partial charge >= 0.3 is 6.09 Å². The van der Waals surface area contributed by atoms with Crippen molar-refractivity contribution in [1.29, 1.82) is 0 Å². The van der Waals surface area contributed by atoms with Gasteiger partial charge in [0.05, 0.1) is 6.61 Å². The molecule has 0 bridgehead atoms. The molecule has 0 radical (unpaired) electrons. The number of likely N-dealkylation sites (tertiary alicyclic amines) is 1. The van der Waals surface area contributed by atoms with E-state index >= 15 is 0 Å². The lowest BCUT2D eigenvalue weighted by Crippen LogP contribution is -2.47. The Kier molecular flexibility index (Phi) is 4.13. The molecule has 1 amide bonds. The summed E-state index contributed by atoms with van der Waals surface area (Å²) in [5.41, 5.74) is -0.543. The molecule has 4 nitrogen and oxygen atoms in total. The van der Waals surface area contributed by atoms with Crippen LogP contribution in [-0.2, 0) is 4.74 Å². The molecule has 1 rings (SSSR count). The Morgan fingerprint density at radius 2 is 2.19 bits per heavy atom. The molecule has 1 aliphatic rings. The lowest BCUT2D eigenvalue weighted by molar-refractivity contribution is -0.000695. The summed E-state index contributed by atoms with van der Waals surface area (Å²) in [6.07, 6.45) is -1.19. The van der Waals surface area contributed by atoms with Gasteiger partial charge in [-0.2, -0.15) is 0 Å². The Balaban J connectivity index is 2.52.